The van der Waals surface area contributed by atoms with Crippen LogP contribution in [0.5, 0.6) is 0 Å². The van der Waals surface area contributed by atoms with Gasteiger partial charge in [0.2, 0.25) is 5.28 Å². The zero-order valence-corrected chi connectivity index (χ0v) is 18.4. The summed E-state index contributed by atoms with van der Waals surface area (Å²) in [4.78, 5) is 15.1. The quantitative estimate of drug-likeness (QED) is 0.719. The molecule has 4 heterocycles. The van der Waals surface area contributed by atoms with Gasteiger partial charge >= 0.3 is 0 Å². The van der Waals surface area contributed by atoms with Crippen molar-refractivity contribution in [1.82, 2.24) is 20.2 Å². The van der Waals surface area contributed by atoms with Crippen molar-refractivity contribution in [3.05, 3.63) is 16.2 Å². The Morgan fingerprint density at radius 2 is 1.96 bits per heavy atom. The Balaban J connectivity index is 1.37. The Bertz CT molecular complexity index is 784. The van der Waals surface area contributed by atoms with Crippen molar-refractivity contribution in [3.8, 4) is 0 Å². The summed E-state index contributed by atoms with van der Waals surface area (Å²) in [5.74, 6) is 1.73. The van der Waals surface area contributed by atoms with E-state index in [1.165, 1.54) is 30.8 Å². The highest BCUT2D eigenvalue weighted by molar-refractivity contribution is 7.19. The number of piperidine rings is 1. The second kappa shape index (κ2) is 9.22. The first-order valence-corrected chi connectivity index (χ1v) is 11.5. The van der Waals surface area contributed by atoms with Crippen molar-refractivity contribution in [3.63, 3.8) is 0 Å². The van der Waals surface area contributed by atoms with Gasteiger partial charge in [-0.2, -0.15) is 4.98 Å². The average molecular weight is 424 g/mol. The molecule has 28 heavy (non-hydrogen) atoms. The maximum Gasteiger partial charge on any atom is 0.224 e. The number of likely N-dealkylation sites (tertiary alicyclic amines) is 1. The molecule has 6 nitrogen and oxygen atoms in total. The van der Waals surface area contributed by atoms with Crippen LogP contribution in [0, 0.1) is 5.92 Å². The number of nitrogens with zero attached hydrogens (tertiary/aromatic N) is 4. The molecule has 2 aromatic heterocycles. The van der Waals surface area contributed by atoms with E-state index in [9.17, 15) is 0 Å². The molecule has 0 spiro atoms. The van der Waals surface area contributed by atoms with Crippen molar-refractivity contribution in [1.29, 1.82) is 0 Å². The van der Waals surface area contributed by atoms with Crippen LogP contribution in [0.2, 0.25) is 5.28 Å². The second-order valence-corrected chi connectivity index (χ2v) is 9.52. The molecule has 0 unspecified atom stereocenters. The predicted octanol–water partition coefficient (Wildman–Crippen LogP) is 3.39. The van der Waals surface area contributed by atoms with Gasteiger partial charge in [0.1, 0.15) is 0 Å². The normalized spacial score (nSPS) is 19.8. The highest BCUT2D eigenvalue weighted by Gasteiger charge is 2.21. The molecule has 0 bridgehead atoms. The standard InChI is InChI=1S/C20H30ClN5OS/c1-14(2)25-5-3-15(4-6-25)12-22-13-16-11-17-18(28-16)19(24-20(21)23-17)26-7-9-27-10-8-26/h11,14-15,22H,3-10,12-13H2,1-2H3. The van der Waals surface area contributed by atoms with E-state index in [0.29, 0.717) is 11.3 Å². The van der Waals surface area contributed by atoms with Crippen LogP contribution in [-0.2, 0) is 11.3 Å². The number of nitrogens with one attached hydrogen (secondary N) is 1. The molecule has 2 aromatic rings. The molecular weight excluding hydrogens is 394 g/mol. The van der Waals surface area contributed by atoms with Crippen LogP contribution in [0.1, 0.15) is 31.6 Å². The van der Waals surface area contributed by atoms with E-state index in [0.717, 1.165) is 61.3 Å². The molecule has 0 saturated carbocycles. The number of thiophene rings is 1. The fourth-order valence-corrected chi connectivity index (χ4v) is 5.34. The number of hydrogen-bond acceptors (Lipinski definition) is 7. The van der Waals surface area contributed by atoms with Crippen molar-refractivity contribution < 1.29 is 4.74 Å². The largest absolute Gasteiger partial charge is 0.378 e. The SMILES string of the molecule is CC(C)N1CCC(CNCc2cc3nc(Cl)nc(N4CCOCC4)c3s2)CC1. The number of aromatic nitrogens is 2. The Hall–Kier alpha value is -0.990. The number of ether oxygens (including phenoxy) is 1. The molecule has 4 rings (SSSR count). The summed E-state index contributed by atoms with van der Waals surface area (Å²) in [6.45, 7) is 12.2. The molecule has 8 heteroatoms. The molecule has 2 fully saturated rings. The van der Waals surface area contributed by atoms with Crippen LogP contribution in [0.4, 0.5) is 5.82 Å². The number of rotatable bonds is 6. The van der Waals surface area contributed by atoms with E-state index in [1.54, 1.807) is 11.3 Å². The average Bonchev–Trinajstić information content (AvgIpc) is 3.11. The third-order valence-corrected chi connectivity index (χ3v) is 7.09. The monoisotopic (exact) mass is 423 g/mol. The summed E-state index contributed by atoms with van der Waals surface area (Å²) >= 11 is 7.98. The van der Waals surface area contributed by atoms with Gasteiger partial charge in [-0.1, -0.05) is 0 Å². The number of morpholine rings is 1. The minimum absolute atomic E-state index is 0.322. The molecule has 0 aliphatic carbocycles. The Morgan fingerprint density at radius 3 is 2.68 bits per heavy atom. The lowest BCUT2D eigenvalue weighted by atomic mass is 9.96. The van der Waals surface area contributed by atoms with Gasteiger partial charge in [0.05, 0.1) is 23.4 Å². The zero-order chi connectivity index (χ0) is 19.5. The summed E-state index contributed by atoms with van der Waals surface area (Å²) < 4.78 is 6.60. The highest BCUT2D eigenvalue weighted by Crippen LogP contribution is 2.33. The van der Waals surface area contributed by atoms with Crippen LogP contribution < -0.4 is 10.2 Å². The number of hydrogen-bond donors (Lipinski definition) is 1. The summed E-state index contributed by atoms with van der Waals surface area (Å²) in [7, 11) is 0. The van der Waals surface area contributed by atoms with Crippen molar-refractivity contribution in [2.45, 2.75) is 39.3 Å². The van der Waals surface area contributed by atoms with Gasteiger partial charge in [-0.3, -0.25) is 0 Å². The lowest BCUT2D eigenvalue weighted by Gasteiger charge is -2.34. The van der Waals surface area contributed by atoms with Gasteiger partial charge < -0.3 is 19.9 Å². The molecule has 1 N–H and O–H groups in total. The third kappa shape index (κ3) is 4.76. The second-order valence-electron chi connectivity index (χ2n) is 8.05. The zero-order valence-electron chi connectivity index (χ0n) is 16.8. The summed E-state index contributed by atoms with van der Waals surface area (Å²) in [5, 5.41) is 3.99. The Kier molecular flexibility index (Phi) is 6.68. The lowest BCUT2D eigenvalue weighted by molar-refractivity contribution is 0.122. The molecule has 0 aromatic carbocycles. The fourth-order valence-electron chi connectivity index (χ4n) is 4.09. The lowest BCUT2D eigenvalue weighted by Crippen LogP contribution is -2.40. The Labute approximate surface area is 176 Å². The van der Waals surface area contributed by atoms with Gasteiger partial charge in [0.15, 0.2) is 5.82 Å². The van der Waals surface area contributed by atoms with Crippen LogP contribution in [0.25, 0.3) is 10.2 Å². The fraction of sp³-hybridized carbons (Fsp3) is 0.700. The van der Waals surface area contributed by atoms with Crippen molar-refractivity contribution in [2.24, 2.45) is 5.92 Å². The maximum atomic E-state index is 6.20. The van der Waals surface area contributed by atoms with Crippen LogP contribution in [0.15, 0.2) is 6.07 Å². The number of fused-ring (bicyclic) bond motifs is 1. The van der Waals surface area contributed by atoms with Crippen LogP contribution >= 0.6 is 22.9 Å². The van der Waals surface area contributed by atoms with Crippen LogP contribution in [-0.4, -0.2) is 66.8 Å². The topological polar surface area (TPSA) is 53.5 Å². The molecule has 0 amide bonds. The van der Waals surface area contributed by atoms with E-state index in [2.05, 4.69) is 45.0 Å². The minimum Gasteiger partial charge on any atom is -0.378 e. The summed E-state index contributed by atoms with van der Waals surface area (Å²) in [6, 6.07) is 2.83. The highest BCUT2D eigenvalue weighted by atomic mass is 35.5. The van der Waals surface area contributed by atoms with Gasteiger partial charge in [-0.05, 0) is 69.9 Å². The van der Waals surface area contributed by atoms with E-state index in [4.69, 9.17) is 16.3 Å². The minimum atomic E-state index is 0.322. The van der Waals surface area contributed by atoms with Gasteiger partial charge in [0, 0.05) is 30.6 Å². The smallest absolute Gasteiger partial charge is 0.224 e. The third-order valence-electron chi connectivity index (χ3n) is 5.80. The summed E-state index contributed by atoms with van der Waals surface area (Å²) in [6.07, 6.45) is 2.58. The Morgan fingerprint density at radius 1 is 1.21 bits per heavy atom. The van der Waals surface area contributed by atoms with E-state index < -0.39 is 0 Å². The first-order chi connectivity index (χ1) is 13.6. The molecule has 154 valence electrons. The molecule has 2 aliphatic heterocycles. The van der Waals surface area contributed by atoms with Crippen molar-refractivity contribution in [2.75, 3.05) is 50.8 Å². The van der Waals surface area contributed by atoms with E-state index in [-0.39, 0.29) is 0 Å². The molecule has 0 radical (unpaired) electrons. The summed E-state index contributed by atoms with van der Waals surface area (Å²) in [5.41, 5.74) is 0.952. The van der Waals surface area contributed by atoms with E-state index >= 15 is 0 Å². The molecule has 2 saturated heterocycles. The van der Waals surface area contributed by atoms with Crippen molar-refractivity contribution >= 4 is 39.0 Å². The molecule has 0 atom stereocenters. The predicted molar refractivity (Wildman–Crippen MR) is 117 cm³/mol. The van der Waals surface area contributed by atoms with Crippen LogP contribution in [0.3, 0.4) is 0 Å². The van der Waals surface area contributed by atoms with Gasteiger partial charge in [0.25, 0.3) is 0 Å². The van der Waals surface area contributed by atoms with E-state index in [1.807, 2.05) is 0 Å². The van der Waals surface area contributed by atoms with Gasteiger partial charge in [-0.15, -0.1) is 11.3 Å². The number of anilines is 1. The molecule has 2 aliphatic rings. The first-order valence-electron chi connectivity index (χ1n) is 10.3. The number of halogens is 1. The maximum absolute atomic E-state index is 6.20. The molecular formula is C20H30ClN5OS. The first kappa shape index (κ1) is 20.3. The van der Waals surface area contributed by atoms with Gasteiger partial charge in [-0.25, -0.2) is 4.98 Å².